The number of nitrogens with zero attached hydrogens (tertiary/aromatic N) is 4. The van der Waals surface area contributed by atoms with E-state index in [2.05, 4.69) is 15.0 Å². The lowest BCUT2D eigenvalue weighted by Crippen LogP contribution is -1.87. The van der Waals surface area contributed by atoms with Crippen LogP contribution < -0.4 is 0 Å². The van der Waals surface area contributed by atoms with Gasteiger partial charge in [-0.25, -0.2) is 9.97 Å². The topological polar surface area (TPSA) is 43.6 Å². The molecule has 0 radical (unpaired) electrons. The first-order valence-electron chi connectivity index (χ1n) is 5.31. The Kier molecular flexibility index (Phi) is 6.57. The summed E-state index contributed by atoms with van der Waals surface area (Å²) < 4.78 is 2.04. The molecule has 0 aliphatic rings. The fourth-order valence-corrected chi connectivity index (χ4v) is 1.40. The van der Waals surface area contributed by atoms with E-state index in [0.29, 0.717) is 5.15 Å². The molecule has 0 fully saturated rings. The summed E-state index contributed by atoms with van der Waals surface area (Å²) in [4.78, 5) is 11.2. The fourth-order valence-electron chi connectivity index (χ4n) is 1.30. The van der Waals surface area contributed by atoms with E-state index in [1.54, 1.807) is 24.7 Å². The van der Waals surface area contributed by atoms with E-state index in [-0.39, 0.29) is 12.4 Å². The first-order chi connectivity index (χ1) is 8.86. The Morgan fingerprint density at radius 1 is 0.895 bits per heavy atom. The quantitative estimate of drug-likeness (QED) is 0.646. The van der Waals surface area contributed by atoms with Gasteiger partial charge in [-0.15, -0.1) is 12.4 Å². The summed E-state index contributed by atoms with van der Waals surface area (Å²) in [6.45, 7) is 0. The molecule has 19 heavy (non-hydrogen) atoms. The maximum absolute atomic E-state index is 5.39. The maximum Gasteiger partial charge on any atom is 0.132 e. The zero-order valence-corrected chi connectivity index (χ0v) is 11.5. The van der Waals surface area contributed by atoms with Gasteiger partial charge >= 0.3 is 0 Å². The molecule has 98 valence electrons. The molecule has 0 saturated carbocycles. The molecule has 0 unspecified atom stereocenters. The van der Waals surface area contributed by atoms with Crippen molar-refractivity contribution < 1.29 is 0 Å². The Labute approximate surface area is 122 Å². The van der Waals surface area contributed by atoms with E-state index in [4.69, 9.17) is 11.6 Å². The molecule has 0 atom stereocenters. The zero-order valence-electron chi connectivity index (χ0n) is 9.93. The molecule has 0 saturated heterocycles. The Hall–Kier alpha value is -1.91. The van der Waals surface area contributed by atoms with Gasteiger partial charge in [0.1, 0.15) is 11.5 Å². The van der Waals surface area contributed by atoms with Crippen molar-refractivity contribution in [1.29, 1.82) is 0 Å². The van der Waals surface area contributed by atoms with Crippen LogP contribution in [-0.2, 0) is 0 Å². The van der Waals surface area contributed by atoms with E-state index < -0.39 is 0 Å². The van der Waals surface area contributed by atoms with Crippen molar-refractivity contribution in [2.45, 2.75) is 0 Å². The summed E-state index contributed by atoms with van der Waals surface area (Å²) in [5.41, 5.74) is 1.14. The van der Waals surface area contributed by atoms with Crippen LogP contribution in [0.4, 0.5) is 0 Å². The lowest BCUT2D eigenvalue weighted by Gasteiger charge is -1.99. The predicted molar refractivity (Wildman–Crippen MR) is 77.9 cm³/mol. The minimum absolute atomic E-state index is 0. The molecular formula is C13H12Cl2N4. The normalized spacial score (nSPS) is 8.89. The molecule has 3 rings (SSSR count). The van der Waals surface area contributed by atoms with Crippen molar-refractivity contribution in [3.05, 3.63) is 72.8 Å². The second-order valence-electron chi connectivity index (χ2n) is 3.33. The summed E-state index contributed by atoms with van der Waals surface area (Å²) in [6, 6.07) is 9.57. The van der Waals surface area contributed by atoms with Crippen molar-refractivity contribution >= 4 is 24.0 Å². The zero-order chi connectivity index (χ0) is 12.6. The van der Waals surface area contributed by atoms with Crippen molar-refractivity contribution in [1.82, 2.24) is 19.5 Å². The minimum atomic E-state index is 0. The number of rotatable bonds is 1. The number of halogens is 2. The van der Waals surface area contributed by atoms with Gasteiger partial charge in [-0.05, 0) is 30.3 Å². The van der Waals surface area contributed by atoms with Crippen molar-refractivity contribution in [2.24, 2.45) is 0 Å². The standard InChI is InChI=1S/C9H8N2.C4H3ClN2.ClH/c1-2-8-11(7-1)9-3-5-10-6-4-9;5-4-1-2-6-3-7-4;/h1-8H;1-3H;1H. The molecule has 6 heteroatoms. The van der Waals surface area contributed by atoms with Gasteiger partial charge < -0.3 is 4.57 Å². The van der Waals surface area contributed by atoms with Crippen LogP contribution in [0.1, 0.15) is 0 Å². The summed E-state index contributed by atoms with van der Waals surface area (Å²) in [5, 5.41) is 0.481. The second kappa shape index (κ2) is 8.24. The Morgan fingerprint density at radius 2 is 1.53 bits per heavy atom. The van der Waals surface area contributed by atoms with Gasteiger partial charge in [-0.3, -0.25) is 4.98 Å². The summed E-state index contributed by atoms with van der Waals surface area (Å²) in [6.07, 6.45) is 10.6. The molecule has 0 spiro atoms. The molecule has 3 aromatic rings. The third-order valence-electron chi connectivity index (χ3n) is 2.11. The van der Waals surface area contributed by atoms with E-state index in [0.717, 1.165) is 5.69 Å². The predicted octanol–water partition coefficient (Wildman–Crippen LogP) is 3.42. The van der Waals surface area contributed by atoms with Crippen LogP contribution in [0.3, 0.4) is 0 Å². The van der Waals surface area contributed by atoms with E-state index in [1.807, 2.05) is 41.2 Å². The molecule has 3 heterocycles. The molecule has 0 amide bonds. The van der Waals surface area contributed by atoms with Gasteiger partial charge in [-0.1, -0.05) is 11.6 Å². The van der Waals surface area contributed by atoms with Crippen LogP contribution in [0.25, 0.3) is 5.69 Å². The maximum atomic E-state index is 5.39. The first-order valence-corrected chi connectivity index (χ1v) is 5.69. The van der Waals surface area contributed by atoms with E-state index >= 15 is 0 Å². The molecule has 0 bridgehead atoms. The molecule has 0 aliphatic carbocycles. The molecule has 4 nitrogen and oxygen atoms in total. The first kappa shape index (κ1) is 15.1. The minimum Gasteiger partial charge on any atom is -0.324 e. The van der Waals surface area contributed by atoms with Crippen molar-refractivity contribution in [3.8, 4) is 5.69 Å². The van der Waals surface area contributed by atoms with Crippen LogP contribution >= 0.6 is 24.0 Å². The Balaban J connectivity index is 0.000000198. The molecule has 0 aromatic carbocycles. The number of aromatic nitrogens is 4. The highest BCUT2D eigenvalue weighted by molar-refractivity contribution is 6.29. The average Bonchev–Trinajstić information content (AvgIpc) is 2.95. The Morgan fingerprint density at radius 3 is 2.00 bits per heavy atom. The molecular weight excluding hydrogens is 283 g/mol. The SMILES string of the molecule is Cl.Clc1ccncn1.c1ccn(-c2ccncc2)c1. The fraction of sp³-hybridized carbons (Fsp3) is 0. The second-order valence-corrected chi connectivity index (χ2v) is 3.72. The van der Waals surface area contributed by atoms with Gasteiger partial charge in [0, 0.05) is 36.7 Å². The van der Waals surface area contributed by atoms with E-state index in [9.17, 15) is 0 Å². The lowest BCUT2D eigenvalue weighted by molar-refractivity contribution is 1.07. The van der Waals surface area contributed by atoms with Gasteiger partial charge in [0.15, 0.2) is 0 Å². The van der Waals surface area contributed by atoms with Crippen LogP contribution in [0.5, 0.6) is 0 Å². The molecule has 0 aliphatic heterocycles. The van der Waals surface area contributed by atoms with E-state index in [1.165, 1.54) is 6.33 Å². The van der Waals surface area contributed by atoms with Crippen LogP contribution in [0, 0.1) is 0 Å². The monoisotopic (exact) mass is 294 g/mol. The van der Waals surface area contributed by atoms with Crippen molar-refractivity contribution in [2.75, 3.05) is 0 Å². The smallest absolute Gasteiger partial charge is 0.132 e. The average molecular weight is 295 g/mol. The van der Waals surface area contributed by atoms with Gasteiger partial charge in [0.2, 0.25) is 0 Å². The summed E-state index contributed by atoms with van der Waals surface area (Å²) in [5.74, 6) is 0. The van der Waals surface area contributed by atoms with Crippen molar-refractivity contribution in [3.63, 3.8) is 0 Å². The van der Waals surface area contributed by atoms with Gasteiger partial charge in [-0.2, -0.15) is 0 Å². The molecule has 0 N–H and O–H groups in total. The number of hydrogen-bond donors (Lipinski definition) is 0. The van der Waals surface area contributed by atoms with Gasteiger partial charge in [0.25, 0.3) is 0 Å². The highest BCUT2D eigenvalue weighted by atomic mass is 35.5. The summed E-state index contributed by atoms with van der Waals surface area (Å²) in [7, 11) is 0. The highest BCUT2D eigenvalue weighted by Crippen LogP contribution is 2.04. The van der Waals surface area contributed by atoms with Crippen LogP contribution in [0.2, 0.25) is 5.15 Å². The number of hydrogen-bond acceptors (Lipinski definition) is 3. The van der Waals surface area contributed by atoms with Crippen LogP contribution in [-0.4, -0.2) is 19.5 Å². The van der Waals surface area contributed by atoms with Gasteiger partial charge in [0.05, 0.1) is 0 Å². The lowest BCUT2D eigenvalue weighted by atomic mass is 10.4. The highest BCUT2D eigenvalue weighted by Gasteiger charge is 1.89. The number of pyridine rings is 1. The molecule has 3 aromatic heterocycles. The summed E-state index contributed by atoms with van der Waals surface area (Å²) >= 11 is 5.39. The Bertz CT molecular complexity index is 556. The third kappa shape index (κ3) is 5.07. The third-order valence-corrected chi connectivity index (χ3v) is 2.33. The van der Waals surface area contributed by atoms with Crippen LogP contribution in [0.15, 0.2) is 67.6 Å². The largest absolute Gasteiger partial charge is 0.324 e.